The van der Waals surface area contributed by atoms with Crippen LogP contribution in [-0.2, 0) is 5.41 Å². The maximum absolute atomic E-state index is 6.40. The molecule has 0 unspecified atom stereocenters. The van der Waals surface area contributed by atoms with Gasteiger partial charge in [-0.15, -0.1) is 0 Å². The molecule has 162 valence electrons. The van der Waals surface area contributed by atoms with Crippen molar-refractivity contribution in [2.45, 2.75) is 53.9 Å². The van der Waals surface area contributed by atoms with E-state index in [-0.39, 0.29) is 5.41 Å². The molecule has 0 fully saturated rings. The number of nitrogens with zero attached hydrogens (tertiary/aromatic N) is 2. The molecule has 0 N–H and O–H groups in total. The van der Waals surface area contributed by atoms with Gasteiger partial charge in [-0.25, -0.2) is 4.98 Å². The minimum Gasteiger partial charge on any atom is -0.435 e. The maximum atomic E-state index is 6.40. The Hall–Kier alpha value is -3.33. The Balaban J connectivity index is 1.87. The van der Waals surface area contributed by atoms with Crippen molar-refractivity contribution in [1.29, 1.82) is 0 Å². The molecule has 3 nitrogen and oxygen atoms in total. The summed E-state index contributed by atoms with van der Waals surface area (Å²) < 4.78 is 6.40. The number of rotatable bonds is 1. The lowest BCUT2D eigenvalue weighted by molar-refractivity contribution is 0.456. The van der Waals surface area contributed by atoms with Crippen LogP contribution in [0.1, 0.15) is 48.7 Å². The molecule has 32 heavy (non-hydrogen) atoms. The first-order chi connectivity index (χ1) is 15.1. The molecule has 5 rings (SSSR count). The molecule has 0 amide bonds. The van der Waals surface area contributed by atoms with Gasteiger partial charge in [0.15, 0.2) is 5.75 Å². The van der Waals surface area contributed by atoms with E-state index >= 15 is 0 Å². The molecule has 1 aromatic heterocycles. The number of aryl methyl sites for hydroxylation is 4. The van der Waals surface area contributed by atoms with Crippen molar-refractivity contribution < 1.29 is 4.74 Å². The summed E-state index contributed by atoms with van der Waals surface area (Å²) in [5.41, 5.74) is 9.35. The molecule has 0 aliphatic carbocycles. The van der Waals surface area contributed by atoms with Gasteiger partial charge in [-0.2, -0.15) is 0 Å². The van der Waals surface area contributed by atoms with Crippen LogP contribution in [0.5, 0.6) is 11.6 Å². The van der Waals surface area contributed by atoms with Crippen LogP contribution in [0.2, 0.25) is 0 Å². The van der Waals surface area contributed by atoms with Crippen LogP contribution in [0.25, 0.3) is 10.8 Å². The summed E-state index contributed by atoms with van der Waals surface area (Å²) >= 11 is 0. The van der Waals surface area contributed by atoms with Gasteiger partial charge in [-0.3, -0.25) is 0 Å². The van der Waals surface area contributed by atoms with E-state index in [9.17, 15) is 0 Å². The number of hydrogen-bond donors (Lipinski definition) is 0. The largest absolute Gasteiger partial charge is 0.435 e. The van der Waals surface area contributed by atoms with E-state index in [2.05, 4.69) is 101 Å². The molecule has 0 saturated heterocycles. The highest BCUT2D eigenvalue weighted by atomic mass is 16.5. The lowest BCUT2D eigenvalue weighted by atomic mass is 9.84. The van der Waals surface area contributed by atoms with Gasteiger partial charge in [0.2, 0.25) is 5.88 Å². The Morgan fingerprint density at radius 1 is 0.750 bits per heavy atom. The van der Waals surface area contributed by atoms with Crippen LogP contribution in [0.3, 0.4) is 0 Å². The van der Waals surface area contributed by atoms with Gasteiger partial charge in [-0.1, -0.05) is 57.2 Å². The summed E-state index contributed by atoms with van der Waals surface area (Å²) in [4.78, 5) is 7.11. The second kappa shape index (κ2) is 7.09. The second-order valence-electron chi connectivity index (χ2n) is 10.0. The molecular weight excluding hydrogens is 392 g/mol. The van der Waals surface area contributed by atoms with Crippen molar-refractivity contribution >= 4 is 27.8 Å². The Morgan fingerprint density at radius 3 is 2.06 bits per heavy atom. The van der Waals surface area contributed by atoms with Gasteiger partial charge < -0.3 is 9.64 Å². The number of anilines is 3. The van der Waals surface area contributed by atoms with Crippen molar-refractivity contribution in [3.8, 4) is 11.6 Å². The first-order valence-corrected chi connectivity index (χ1v) is 11.2. The van der Waals surface area contributed by atoms with Gasteiger partial charge >= 0.3 is 0 Å². The third-order valence-corrected chi connectivity index (χ3v) is 6.42. The Morgan fingerprint density at radius 2 is 1.41 bits per heavy atom. The Bertz CT molecular complexity index is 1360. The Kier molecular flexibility index (Phi) is 4.56. The van der Waals surface area contributed by atoms with Gasteiger partial charge in [0.05, 0.1) is 11.4 Å². The molecule has 3 aromatic carbocycles. The van der Waals surface area contributed by atoms with Crippen molar-refractivity contribution in [3.63, 3.8) is 0 Å². The van der Waals surface area contributed by atoms with Crippen molar-refractivity contribution in [3.05, 3.63) is 82.5 Å². The van der Waals surface area contributed by atoms with Crippen LogP contribution in [0.4, 0.5) is 17.1 Å². The minimum absolute atomic E-state index is 0.0946. The lowest BCUT2D eigenvalue weighted by Gasteiger charge is -2.36. The fourth-order valence-corrected chi connectivity index (χ4v) is 4.79. The molecule has 1 aliphatic heterocycles. The summed E-state index contributed by atoms with van der Waals surface area (Å²) in [6.07, 6.45) is 0. The maximum Gasteiger partial charge on any atom is 0.244 e. The van der Waals surface area contributed by atoms with Crippen molar-refractivity contribution in [2.24, 2.45) is 0 Å². The molecule has 4 aromatic rings. The summed E-state index contributed by atoms with van der Waals surface area (Å²) in [5, 5.41) is 2.43. The van der Waals surface area contributed by atoms with Crippen LogP contribution in [0.15, 0.2) is 54.6 Å². The van der Waals surface area contributed by atoms with Crippen LogP contribution in [0, 0.1) is 27.7 Å². The standard InChI is InChI=1S/C29H30N2O/c1-17-16-25-27(23-11-9-8-10-22(17)23)31(24-13-12-20(4)30-28(24)32-25)26-18(2)14-21(15-19(26)3)29(5,6)7/h8-16H,1-7H3. The highest BCUT2D eigenvalue weighted by Gasteiger charge is 2.31. The Labute approximate surface area is 190 Å². The van der Waals surface area contributed by atoms with Crippen LogP contribution >= 0.6 is 0 Å². The number of fused-ring (bicyclic) bond motifs is 4. The summed E-state index contributed by atoms with van der Waals surface area (Å²) in [5.74, 6) is 1.51. The topological polar surface area (TPSA) is 25.4 Å². The van der Waals surface area contributed by atoms with E-state index in [4.69, 9.17) is 9.72 Å². The van der Waals surface area contributed by atoms with E-state index in [0.29, 0.717) is 5.88 Å². The number of aromatic nitrogens is 1. The van der Waals surface area contributed by atoms with E-state index in [1.54, 1.807) is 0 Å². The predicted octanol–water partition coefficient (Wildman–Crippen LogP) is 8.34. The van der Waals surface area contributed by atoms with Crippen LogP contribution in [-0.4, -0.2) is 4.98 Å². The molecule has 0 radical (unpaired) electrons. The fraction of sp³-hybridized carbons (Fsp3) is 0.276. The smallest absolute Gasteiger partial charge is 0.244 e. The molecule has 0 atom stereocenters. The predicted molar refractivity (Wildman–Crippen MR) is 134 cm³/mol. The van der Waals surface area contributed by atoms with E-state index in [0.717, 1.165) is 22.8 Å². The lowest BCUT2D eigenvalue weighted by Crippen LogP contribution is -2.20. The van der Waals surface area contributed by atoms with E-state index in [1.807, 2.05) is 6.92 Å². The average Bonchev–Trinajstić information content (AvgIpc) is 2.72. The molecule has 2 heterocycles. The molecule has 0 saturated carbocycles. The normalized spacial score (nSPS) is 13.0. The zero-order chi connectivity index (χ0) is 22.8. The second-order valence-corrected chi connectivity index (χ2v) is 10.0. The minimum atomic E-state index is 0.0946. The number of ether oxygens (including phenoxy) is 1. The van der Waals surface area contributed by atoms with Crippen molar-refractivity contribution in [2.75, 3.05) is 4.90 Å². The third-order valence-electron chi connectivity index (χ3n) is 6.42. The number of pyridine rings is 1. The van der Waals surface area contributed by atoms with Crippen LogP contribution < -0.4 is 9.64 Å². The summed E-state index contributed by atoms with van der Waals surface area (Å²) in [7, 11) is 0. The van der Waals surface area contributed by atoms with Gasteiger partial charge in [0.25, 0.3) is 0 Å². The quantitative estimate of drug-likeness (QED) is 0.271. The zero-order valence-corrected chi connectivity index (χ0v) is 20.0. The average molecular weight is 423 g/mol. The van der Waals surface area contributed by atoms with Gasteiger partial charge in [-0.05, 0) is 78.9 Å². The highest BCUT2D eigenvalue weighted by molar-refractivity contribution is 6.05. The number of benzene rings is 3. The summed E-state index contributed by atoms with van der Waals surface area (Å²) in [6, 6.07) is 19.6. The van der Waals surface area contributed by atoms with Gasteiger partial charge in [0.1, 0.15) is 5.69 Å². The molecule has 1 aliphatic rings. The molecule has 3 heteroatoms. The molecular formula is C29H30N2O. The third kappa shape index (κ3) is 3.15. The molecule has 0 bridgehead atoms. The van der Waals surface area contributed by atoms with Gasteiger partial charge in [0, 0.05) is 11.1 Å². The fourth-order valence-electron chi connectivity index (χ4n) is 4.79. The summed E-state index contributed by atoms with van der Waals surface area (Å²) in [6.45, 7) is 15.4. The molecule has 0 spiro atoms. The van der Waals surface area contributed by atoms with E-state index in [1.165, 1.54) is 38.7 Å². The SMILES string of the molecule is Cc1ccc2c(n1)Oc1cc(C)c3ccccc3c1N2c1c(C)cc(C(C)(C)C)cc1C. The first-order valence-electron chi connectivity index (χ1n) is 11.2. The van der Waals surface area contributed by atoms with Crippen molar-refractivity contribution in [1.82, 2.24) is 4.98 Å². The van der Waals surface area contributed by atoms with E-state index < -0.39 is 0 Å². The number of hydrogen-bond acceptors (Lipinski definition) is 3. The monoisotopic (exact) mass is 422 g/mol. The first kappa shape index (κ1) is 20.6. The highest BCUT2D eigenvalue weighted by Crippen LogP contribution is 2.54. The zero-order valence-electron chi connectivity index (χ0n) is 20.0.